The molecular formula is C18H21NO4S. The molecule has 0 heterocycles. The second-order valence-electron chi connectivity index (χ2n) is 5.48. The molecule has 0 amide bonds. The molecule has 0 radical (unpaired) electrons. The van der Waals surface area contributed by atoms with Crippen LogP contribution in [-0.2, 0) is 19.6 Å². The number of ether oxygens (including phenoxy) is 1. The summed E-state index contributed by atoms with van der Waals surface area (Å²) in [6.07, 6.45) is 0. The Balaban J connectivity index is 2.40. The molecule has 0 saturated carbocycles. The minimum absolute atomic E-state index is 0.107. The number of rotatable bonds is 6. The molecule has 6 heteroatoms. The van der Waals surface area contributed by atoms with Gasteiger partial charge in [-0.1, -0.05) is 42.0 Å². The number of hydrogen-bond acceptors (Lipinski definition) is 4. The van der Waals surface area contributed by atoms with Gasteiger partial charge < -0.3 is 4.74 Å². The maximum absolute atomic E-state index is 12.6. The minimum Gasteiger partial charge on any atom is -0.465 e. The molecule has 1 unspecified atom stereocenters. The minimum atomic E-state index is -3.86. The summed E-state index contributed by atoms with van der Waals surface area (Å²) >= 11 is 0. The molecule has 0 fully saturated rings. The van der Waals surface area contributed by atoms with E-state index >= 15 is 0 Å². The molecule has 0 aliphatic rings. The second kappa shape index (κ2) is 7.59. The summed E-state index contributed by atoms with van der Waals surface area (Å²) in [5.74, 6) is -0.623. The first kappa shape index (κ1) is 18.2. The molecule has 5 nitrogen and oxygen atoms in total. The summed E-state index contributed by atoms with van der Waals surface area (Å²) in [5.41, 5.74) is 2.34. The Kier molecular flexibility index (Phi) is 5.75. The van der Waals surface area contributed by atoms with Gasteiger partial charge in [-0.05, 0) is 44.0 Å². The van der Waals surface area contributed by atoms with Gasteiger partial charge in [-0.15, -0.1) is 0 Å². The van der Waals surface area contributed by atoms with Gasteiger partial charge >= 0.3 is 5.97 Å². The van der Waals surface area contributed by atoms with Crippen LogP contribution in [0.15, 0.2) is 53.4 Å². The molecule has 24 heavy (non-hydrogen) atoms. The van der Waals surface area contributed by atoms with E-state index in [1.807, 2.05) is 26.0 Å². The van der Waals surface area contributed by atoms with Crippen molar-refractivity contribution in [1.29, 1.82) is 0 Å². The van der Waals surface area contributed by atoms with Crippen LogP contribution in [0.3, 0.4) is 0 Å². The number of hydrogen-bond donors (Lipinski definition) is 1. The Labute approximate surface area is 142 Å². The van der Waals surface area contributed by atoms with Crippen LogP contribution in [0.2, 0.25) is 0 Å². The first-order chi connectivity index (χ1) is 11.3. The number of carbonyl (C=O) groups is 1. The molecule has 0 bridgehead atoms. The van der Waals surface area contributed by atoms with E-state index in [-0.39, 0.29) is 11.5 Å². The lowest BCUT2D eigenvalue weighted by molar-refractivity contribution is -0.145. The number of sulfonamides is 1. The molecule has 2 rings (SSSR count). The lowest BCUT2D eigenvalue weighted by atomic mass is 10.0. The molecule has 2 aromatic carbocycles. The summed E-state index contributed by atoms with van der Waals surface area (Å²) in [7, 11) is -3.86. The zero-order chi connectivity index (χ0) is 17.7. The van der Waals surface area contributed by atoms with Crippen molar-refractivity contribution in [3.8, 4) is 0 Å². The van der Waals surface area contributed by atoms with Gasteiger partial charge in [0.2, 0.25) is 10.0 Å². The largest absolute Gasteiger partial charge is 0.465 e. The van der Waals surface area contributed by atoms with Gasteiger partial charge in [0.25, 0.3) is 0 Å². The Bertz CT molecular complexity index is 813. The Morgan fingerprint density at radius 3 is 2.29 bits per heavy atom. The number of aryl methyl sites for hydroxylation is 2. The standard InChI is InChI=1S/C18H21NO4S/c1-4-23-18(20)17(16-8-6-5-7-14(16)3)19-24(21,22)15-11-9-13(2)10-12-15/h5-12,17,19H,4H2,1-3H3. The Morgan fingerprint density at radius 1 is 1.08 bits per heavy atom. The van der Waals surface area contributed by atoms with E-state index in [1.165, 1.54) is 12.1 Å². The fraction of sp³-hybridized carbons (Fsp3) is 0.278. The zero-order valence-corrected chi connectivity index (χ0v) is 14.8. The summed E-state index contributed by atoms with van der Waals surface area (Å²) in [4.78, 5) is 12.4. The molecule has 0 saturated heterocycles. The summed E-state index contributed by atoms with van der Waals surface area (Å²) in [5, 5.41) is 0. The van der Waals surface area contributed by atoms with Crippen LogP contribution < -0.4 is 4.72 Å². The first-order valence-electron chi connectivity index (χ1n) is 7.66. The average Bonchev–Trinajstić information content (AvgIpc) is 2.54. The Morgan fingerprint density at radius 2 is 1.71 bits per heavy atom. The van der Waals surface area contributed by atoms with E-state index in [0.29, 0.717) is 5.56 Å². The molecule has 0 aliphatic heterocycles. The SMILES string of the molecule is CCOC(=O)C(NS(=O)(=O)c1ccc(C)cc1)c1ccccc1C. The van der Waals surface area contributed by atoms with E-state index in [0.717, 1.165) is 11.1 Å². The van der Waals surface area contributed by atoms with Crippen LogP contribution in [0.1, 0.15) is 29.7 Å². The molecule has 1 N–H and O–H groups in total. The maximum atomic E-state index is 12.6. The molecule has 0 aliphatic carbocycles. The Hall–Kier alpha value is -2.18. The fourth-order valence-corrected chi connectivity index (χ4v) is 3.48. The maximum Gasteiger partial charge on any atom is 0.328 e. The molecular weight excluding hydrogens is 326 g/mol. The van der Waals surface area contributed by atoms with E-state index in [4.69, 9.17) is 4.74 Å². The van der Waals surface area contributed by atoms with Crippen molar-refractivity contribution in [3.05, 3.63) is 65.2 Å². The summed E-state index contributed by atoms with van der Waals surface area (Å²) < 4.78 is 32.8. The smallest absolute Gasteiger partial charge is 0.328 e. The molecule has 0 spiro atoms. The van der Waals surface area contributed by atoms with Gasteiger partial charge in [0, 0.05) is 0 Å². The van der Waals surface area contributed by atoms with Crippen molar-refractivity contribution in [2.24, 2.45) is 0 Å². The quantitative estimate of drug-likeness (QED) is 0.816. The number of esters is 1. The van der Waals surface area contributed by atoms with Crippen molar-refractivity contribution in [2.45, 2.75) is 31.7 Å². The van der Waals surface area contributed by atoms with E-state index in [9.17, 15) is 13.2 Å². The van der Waals surface area contributed by atoms with Gasteiger partial charge in [0.15, 0.2) is 0 Å². The van der Waals surface area contributed by atoms with E-state index in [1.54, 1.807) is 31.2 Å². The van der Waals surface area contributed by atoms with Crippen LogP contribution in [0.5, 0.6) is 0 Å². The van der Waals surface area contributed by atoms with Gasteiger partial charge in [-0.2, -0.15) is 4.72 Å². The number of carbonyl (C=O) groups excluding carboxylic acids is 1. The monoisotopic (exact) mass is 347 g/mol. The third kappa shape index (κ3) is 4.21. The van der Waals surface area contributed by atoms with Crippen LogP contribution in [0, 0.1) is 13.8 Å². The summed E-state index contributed by atoms with van der Waals surface area (Å²) in [6, 6.07) is 12.5. The third-order valence-corrected chi connectivity index (χ3v) is 5.06. The van der Waals surface area contributed by atoms with Crippen LogP contribution in [0.25, 0.3) is 0 Å². The lowest BCUT2D eigenvalue weighted by Gasteiger charge is -2.19. The van der Waals surface area contributed by atoms with Crippen molar-refractivity contribution in [2.75, 3.05) is 6.61 Å². The highest BCUT2D eigenvalue weighted by molar-refractivity contribution is 7.89. The van der Waals surface area contributed by atoms with Gasteiger partial charge in [0.1, 0.15) is 6.04 Å². The summed E-state index contributed by atoms with van der Waals surface area (Å²) in [6.45, 7) is 5.55. The van der Waals surface area contributed by atoms with Gasteiger partial charge in [-0.25, -0.2) is 13.2 Å². The second-order valence-corrected chi connectivity index (χ2v) is 7.19. The van der Waals surface area contributed by atoms with E-state index < -0.39 is 22.0 Å². The zero-order valence-electron chi connectivity index (χ0n) is 13.9. The van der Waals surface area contributed by atoms with Crippen molar-refractivity contribution in [3.63, 3.8) is 0 Å². The lowest BCUT2D eigenvalue weighted by Crippen LogP contribution is -2.35. The number of nitrogens with one attached hydrogen (secondary N) is 1. The normalized spacial score (nSPS) is 12.6. The first-order valence-corrected chi connectivity index (χ1v) is 9.14. The molecule has 128 valence electrons. The highest BCUT2D eigenvalue weighted by Gasteiger charge is 2.29. The van der Waals surface area contributed by atoms with Crippen LogP contribution in [-0.4, -0.2) is 21.0 Å². The highest BCUT2D eigenvalue weighted by atomic mass is 32.2. The molecule has 1 atom stereocenters. The van der Waals surface area contributed by atoms with Crippen molar-refractivity contribution in [1.82, 2.24) is 4.72 Å². The highest BCUT2D eigenvalue weighted by Crippen LogP contribution is 2.22. The van der Waals surface area contributed by atoms with Gasteiger partial charge in [-0.3, -0.25) is 0 Å². The van der Waals surface area contributed by atoms with E-state index in [2.05, 4.69) is 4.72 Å². The van der Waals surface area contributed by atoms with Crippen molar-refractivity contribution >= 4 is 16.0 Å². The fourth-order valence-electron chi connectivity index (χ4n) is 2.32. The van der Waals surface area contributed by atoms with Gasteiger partial charge in [0.05, 0.1) is 11.5 Å². The topological polar surface area (TPSA) is 72.5 Å². The van der Waals surface area contributed by atoms with Crippen LogP contribution in [0.4, 0.5) is 0 Å². The third-order valence-electron chi connectivity index (χ3n) is 3.63. The molecule has 2 aromatic rings. The van der Waals surface area contributed by atoms with Crippen LogP contribution >= 0.6 is 0 Å². The molecule has 0 aromatic heterocycles. The average molecular weight is 347 g/mol. The number of benzene rings is 2. The van der Waals surface area contributed by atoms with Crippen molar-refractivity contribution < 1.29 is 17.9 Å². The predicted octanol–water partition coefficient (Wildman–Crippen LogP) is 2.89. The predicted molar refractivity (Wildman–Crippen MR) is 92.1 cm³/mol.